The van der Waals surface area contributed by atoms with E-state index in [-0.39, 0.29) is 6.61 Å². The fourth-order valence-electron chi connectivity index (χ4n) is 1.65. The number of nitrogens with zero attached hydrogens (tertiary/aromatic N) is 1. The predicted octanol–water partition coefficient (Wildman–Crippen LogP) is 3.52. The molecule has 4 heteroatoms. The van der Waals surface area contributed by atoms with Crippen LogP contribution in [0.15, 0.2) is 22.7 Å². The van der Waals surface area contributed by atoms with E-state index in [1.165, 1.54) is 17.9 Å². The summed E-state index contributed by atoms with van der Waals surface area (Å²) in [5, 5.41) is 9.08. The van der Waals surface area contributed by atoms with Gasteiger partial charge in [0.1, 0.15) is 0 Å². The van der Waals surface area contributed by atoms with Crippen LogP contribution < -0.4 is 4.90 Å². The van der Waals surface area contributed by atoms with Crippen LogP contribution in [0.5, 0.6) is 0 Å². The SMILES string of the molecule is CSCCC(C)N(C)c1ccc(CO)cc1Br. The van der Waals surface area contributed by atoms with Crippen LogP contribution >= 0.6 is 27.7 Å². The molecule has 0 amide bonds. The Morgan fingerprint density at radius 2 is 2.18 bits per heavy atom. The molecule has 1 aromatic carbocycles. The fraction of sp³-hybridized carbons (Fsp3) is 0.538. The number of hydrogen-bond acceptors (Lipinski definition) is 3. The van der Waals surface area contributed by atoms with Crippen LogP contribution in [0.2, 0.25) is 0 Å². The molecular formula is C13H20BrNOS. The topological polar surface area (TPSA) is 23.5 Å². The van der Waals surface area contributed by atoms with E-state index in [9.17, 15) is 0 Å². The van der Waals surface area contributed by atoms with Crippen molar-refractivity contribution in [3.8, 4) is 0 Å². The largest absolute Gasteiger partial charge is 0.392 e. The third-order valence-electron chi connectivity index (χ3n) is 2.98. The van der Waals surface area contributed by atoms with Gasteiger partial charge in [0.15, 0.2) is 0 Å². The molecule has 1 N–H and O–H groups in total. The van der Waals surface area contributed by atoms with Crippen molar-refractivity contribution in [2.45, 2.75) is 26.0 Å². The first-order valence-corrected chi connectivity index (χ1v) is 7.90. The molecule has 1 atom stereocenters. The van der Waals surface area contributed by atoms with Gasteiger partial charge in [0.05, 0.1) is 12.3 Å². The second kappa shape index (κ2) is 7.29. The van der Waals surface area contributed by atoms with Crippen LogP contribution in [0.25, 0.3) is 0 Å². The summed E-state index contributed by atoms with van der Waals surface area (Å²) in [6, 6.07) is 6.52. The summed E-state index contributed by atoms with van der Waals surface area (Å²) in [5.74, 6) is 1.18. The highest BCUT2D eigenvalue weighted by atomic mass is 79.9. The smallest absolute Gasteiger partial charge is 0.0682 e. The van der Waals surface area contributed by atoms with Gasteiger partial charge < -0.3 is 10.0 Å². The lowest BCUT2D eigenvalue weighted by molar-refractivity contribution is 0.282. The van der Waals surface area contributed by atoms with Crippen molar-refractivity contribution in [3.63, 3.8) is 0 Å². The van der Waals surface area contributed by atoms with Crippen molar-refractivity contribution >= 4 is 33.4 Å². The van der Waals surface area contributed by atoms with Gasteiger partial charge in [0, 0.05) is 17.6 Å². The highest BCUT2D eigenvalue weighted by Crippen LogP contribution is 2.28. The van der Waals surface area contributed by atoms with Gasteiger partial charge >= 0.3 is 0 Å². The van der Waals surface area contributed by atoms with Crippen molar-refractivity contribution in [2.75, 3.05) is 24.0 Å². The van der Waals surface area contributed by atoms with Crippen molar-refractivity contribution in [2.24, 2.45) is 0 Å². The van der Waals surface area contributed by atoms with Crippen LogP contribution in [-0.2, 0) is 6.61 Å². The first-order valence-electron chi connectivity index (χ1n) is 5.71. The normalized spacial score (nSPS) is 12.5. The second-order valence-electron chi connectivity index (χ2n) is 4.19. The summed E-state index contributed by atoms with van der Waals surface area (Å²) < 4.78 is 1.04. The third kappa shape index (κ3) is 4.19. The van der Waals surface area contributed by atoms with Crippen molar-refractivity contribution in [1.29, 1.82) is 0 Å². The molecule has 0 fully saturated rings. The van der Waals surface area contributed by atoms with E-state index >= 15 is 0 Å². The summed E-state index contributed by atoms with van der Waals surface area (Å²) in [4.78, 5) is 2.28. The quantitative estimate of drug-likeness (QED) is 0.868. The zero-order chi connectivity index (χ0) is 12.8. The van der Waals surface area contributed by atoms with E-state index in [2.05, 4.69) is 47.1 Å². The molecule has 0 saturated carbocycles. The number of benzene rings is 1. The number of aliphatic hydroxyl groups excluding tert-OH is 1. The molecule has 1 unspecified atom stereocenters. The van der Waals surface area contributed by atoms with Crippen molar-refractivity contribution in [1.82, 2.24) is 0 Å². The molecule has 0 radical (unpaired) electrons. The van der Waals surface area contributed by atoms with Crippen LogP contribution in [0, 0.1) is 0 Å². The molecule has 1 aromatic rings. The number of rotatable bonds is 6. The Morgan fingerprint density at radius 1 is 1.47 bits per heavy atom. The van der Waals surface area contributed by atoms with Gasteiger partial charge in [0.2, 0.25) is 0 Å². The first kappa shape index (κ1) is 14.9. The summed E-state index contributed by atoms with van der Waals surface area (Å²) in [6.07, 6.45) is 3.31. The monoisotopic (exact) mass is 317 g/mol. The number of thioether (sulfide) groups is 1. The molecular weight excluding hydrogens is 298 g/mol. The zero-order valence-corrected chi connectivity index (χ0v) is 13.0. The van der Waals surface area contributed by atoms with Gasteiger partial charge in [-0.2, -0.15) is 11.8 Å². The Bertz CT molecular complexity index is 359. The highest BCUT2D eigenvalue weighted by molar-refractivity contribution is 9.10. The Balaban J connectivity index is 2.77. The average Bonchev–Trinajstić information content (AvgIpc) is 2.34. The summed E-state index contributed by atoms with van der Waals surface area (Å²) in [7, 11) is 2.11. The number of aliphatic hydroxyl groups is 1. The van der Waals surface area contributed by atoms with Gasteiger partial charge in [-0.3, -0.25) is 0 Å². The molecule has 0 spiro atoms. The number of hydrogen-bond donors (Lipinski definition) is 1. The van der Waals surface area contributed by atoms with Gasteiger partial charge in [0.25, 0.3) is 0 Å². The van der Waals surface area contributed by atoms with E-state index in [4.69, 9.17) is 5.11 Å². The molecule has 0 aliphatic rings. The van der Waals surface area contributed by atoms with Gasteiger partial charge in [-0.1, -0.05) is 6.07 Å². The first-order chi connectivity index (χ1) is 8.10. The molecule has 2 nitrogen and oxygen atoms in total. The molecule has 0 aliphatic carbocycles. The minimum absolute atomic E-state index is 0.0879. The van der Waals surface area contributed by atoms with E-state index < -0.39 is 0 Å². The van der Waals surface area contributed by atoms with E-state index in [1.54, 1.807) is 0 Å². The average molecular weight is 318 g/mol. The van der Waals surface area contributed by atoms with Gasteiger partial charge in [-0.25, -0.2) is 0 Å². The lowest BCUT2D eigenvalue weighted by atomic mass is 10.1. The van der Waals surface area contributed by atoms with Crippen LogP contribution in [0.3, 0.4) is 0 Å². The lowest BCUT2D eigenvalue weighted by Crippen LogP contribution is -2.29. The van der Waals surface area contributed by atoms with Gasteiger partial charge in [-0.05, 0) is 59.0 Å². The van der Waals surface area contributed by atoms with E-state index in [0.29, 0.717) is 6.04 Å². The fourth-order valence-corrected chi connectivity index (χ4v) is 2.94. The summed E-state index contributed by atoms with van der Waals surface area (Å²) in [5.41, 5.74) is 2.11. The number of anilines is 1. The van der Waals surface area contributed by atoms with E-state index in [1.807, 2.05) is 23.9 Å². The Hall–Kier alpha value is -0.190. The zero-order valence-electron chi connectivity index (χ0n) is 10.6. The minimum atomic E-state index is 0.0879. The Kier molecular flexibility index (Phi) is 6.38. The molecule has 17 heavy (non-hydrogen) atoms. The summed E-state index contributed by atoms with van der Waals surface area (Å²) >= 11 is 5.45. The van der Waals surface area contributed by atoms with Crippen LogP contribution in [-0.4, -0.2) is 30.2 Å². The molecule has 0 bridgehead atoms. The third-order valence-corrected chi connectivity index (χ3v) is 4.25. The lowest BCUT2D eigenvalue weighted by Gasteiger charge is -2.28. The van der Waals surface area contributed by atoms with Crippen molar-refractivity contribution < 1.29 is 5.11 Å². The number of halogens is 1. The Morgan fingerprint density at radius 3 is 2.71 bits per heavy atom. The van der Waals surface area contributed by atoms with Crippen LogP contribution in [0.1, 0.15) is 18.9 Å². The standard InChI is InChI=1S/C13H20BrNOS/c1-10(6-7-17-3)15(2)13-5-4-11(9-16)8-12(13)14/h4-5,8,10,16H,6-7,9H2,1-3H3. The Labute approximate surface area is 117 Å². The maximum Gasteiger partial charge on any atom is 0.0682 e. The minimum Gasteiger partial charge on any atom is -0.392 e. The maximum atomic E-state index is 9.08. The van der Waals surface area contributed by atoms with E-state index in [0.717, 1.165) is 10.0 Å². The van der Waals surface area contributed by atoms with Crippen LogP contribution in [0.4, 0.5) is 5.69 Å². The summed E-state index contributed by atoms with van der Waals surface area (Å²) in [6.45, 7) is 2.33. The molecule has 1 rings (SSSR count). The second-order valence-corrected chi connectivity index (χ2v) is 6.03. The molecule has 0 heterocycles. The highest BCUT2D eigenvalue weighted by Gasteiger charge is 2.12. The molecule has 96 valence electrons. The molecule has 0 aliphatic heterocycles. The van der Waals surface area contributed by atoms with Gasteiger partial charge in [-0.15, -0.1) is 0 Å². The molecule has 0 aromatic heterocycles. The maximum absolute atomic E-state index is 9.08. The molecule has 0 saturated heterocycles. The van der Waals surface area contributed by atoms with Crippen molar-refractivity contribution in [3.05, 3.63) is 28.2 Å². The predicted molar refractivity (Wildman–Crippen MR) is 80.9 cm³/mol.